The number of aryl methyl sites for hydroxylation is 1. The molecule has 2 aromatic heterocycles. The van der Waals surface area contributed by atoms with Crippen LogP contribution in [-0.4, -0.2) is 16.0 Å². The highest BCUT2D eigenvalue weighted by atomic mass is 16.5. The lowest BCUT2D eigenvalue weighted by Crippen LogP contribution is -2.11. The van der Waals surface area contributed by atoms with Gasteiger partial charge in [0, 0.05) is 19.0 Å². The second-order valence-corrected chi connectivity index (χ2v) is 4.49. The van der Waals surface area contributed by atoms with E-state index in [4.69, 9.17) is 4.74 Å². The lowest BCUT2D eigenvalue weighted by Gasteiger charge is -2.20. The molecule has 3 rings (SSSR count). The highest BCUT2D eigenvalue weighted by molar-refractivity contribution is 5.42. The van der Waals surface area contributed by atoms with E-state index in [1.54, 1.807) is 0 Å². The van der Waals surface area contributed by atoms with Gasteiger partial charge in [0.15, 0.2) is 0 Å². The Morgan fingerprint density at radius 3 is 3.19 bits per heavy atom. The first-order valence-electron chi connectivity index (χ1n) is 5.90. The van der Waals surface area contributed by atoms with Gasteiger partial charge in [0.25, 0.3) is 0 Å². The van der Waals surface area contributed by atoms with Gasteiger partial charge in [-0.3, -0.25) is 0 Å². The predicted octanol–water partition coefficient (Wildman–Crippen LogP) is 2.88. The van der Waals surface area contributed by atoms with Crippen molar-refractivity contribution in [3.63, 3.8) is 0 Å². The van der Waals surface area contributed by atoms with Crippen molar-refractivity contribution >= 4 is 5.65 Å². The molecular formula is C13H16N2O. The molecule has 0 amide bonds. The maximum Gasteiger partial charge on any atom is 0.137 e. The van der Waals surface area contributed by atoms with Crippen LogP contribution in [0.15, 0.2) is 24.5 Å². The van der Waals surface area contributed by atoms with Crippen LogP contribution in [0, 0.1) is 6.92 Å². The summed E-state index contributed by atoms with van der Waals surface area (Å²) < 4.78 is 7.82. The monoisotopic (exact) mass is 216 g/mol. The van der Waals surface area contributed by atoms with Crippen LogP contribution in [-0.2, 0) is 4.74 Å². The molecule has 0 spiro atoms. The van der Waals surface area contributed by atoms with Gasteiger partial charge in [-0.1, -0.05) is 0 Å². The molecule has 1 atom stereocenters. The van der Waals surface area contributed by atoms with E-state index < -0.39 is 0 Å². The first-order chi connectivity index (χ1) is 7.83. The molecule has 0 N–H and O–H groups in total. The third kappa shape index (κ3) is 1.71. The van der Waals surface area contributed by atoms with Crippen molar-refractivity contribution in [3.8, 4) is 0 Å². The fourth-order valence-corrected chi connectivity index (χ4v) is 2.23. The topological polar surface area (TPSA) is 26.5 Å². The maximum atomic E-state index is 5.75. The summed E-state index contributed by atoms with van der Waals surface area (Å²) in [5, 5.41) is 0. The standard InChI is InChI=1S/C13H16N2O/c1-10-5-6-15-9-11(14-13(15)8-10)12-4-2-3-7-16-12/h5-6,8-9,12H,2-4,7H2,1H3. The van der Waals surface area contributed by atoms with Gasteiger partial charge < -0.3 is 9.14 Å². The van der Waals surface area contributed by atoms with Gasteiger partial charge in [-0.05, 0) is 43.9 Å². The maximum absolute atomic E-state index is 5.75. The quantitative estimate of drug-likeness (QED) is 0.732. The normalized spacial score (nSPS) is 21.4. The van der Waals surface area contributed by atoms with Crippen LogP contribution in [0.3, 0.4) is 0 Å². The number of imidazole rings is 1. The van der Waals surface area contributed by atoms with E-state index in [1.165, 1.54) is 18.4 Å². The van der Waals surface area contributed by atoms with Crippen molar-refractivity contribution in [1.29, 1.82) is 0 Å². The first kappa shape index (κ1) is 9.85. The average Bonchev–Trinajstić information content (AvgIpc) is 2.73. The molecule has 1 fully saturated rings. The lowest BCUT2D eigenvalue weighted by atomic mass is 10.1. The van der Waals surface area contributed by atoms with Crippen molar-refractivity contribution in [3.05, 3.63) is 35.8 Å². The summed E-state index contributed by atoms with van der Waals surface area (Å²) in [5.41, 5.74) is 3.34. The van der Waals surface area contributed by atoms with E-state index in [2.05, 4.69) is 40.8 Å². The number of pyridine rings is 1. The second-order valence-electron chi connectivity index (χ2n) is 4.49. The summed E-state index contributed by atoms with van der Waals surface area (Å²) in [6.07, 6.45) is 7.88. The van der Waals surface area contributed by atoms with Crippen molar-refractivity contribution in [2.75, 3.05) is 6.61 Å². The smallest absolute Gasteiger partial charge is 0.137 e. The van der Waals surface area contributed by atoms with Gasteiger partial charge in [-0.15, -0.1) is 0 Å². The van der Waals surface area contributed by atoms with E-state index in [9.17, 15) is 0 Å². The van der Waals surface area contributed by atoms with Gasteiger partial charge in [-0.25, -0.2) is 4.98 Å². The van der Waals surface area contributed by atoms with E-state index in [0.717, 1.165) is 24.4 Å². The molecule has 0 radical (unpaired) electrons. The van der Waals surface area contributed by atoms with Gasteiger partial charge >= 0.3 is 0 Å². The molecule has 84 valence electrons. The summed E-state index contributed by atoms with van der Waals surface area (Å²) in [4.78, 5) is 4.64. The average molecular weight is 216 g/mol. The molecule has 1 saturated heterocycles. The van der Waals surface area contributed by atoms with Crippen LogP contribution < -0.4 is 0 Å². The Morgan fingerprint density at radius 2 is 2.38 bits per heavy atom. The molecular weight excluding hydrogens is 200 g/mol. The summed E-state index contributed by atoms with van der Waals surface area (Å²) >= 11 is 0. The summed E-state index contributed by atoms with van der Waals surface area (Å²) in [6, 6.07) is 4.20. The fraction of sp³-hybridized carbons (Fsp3) is 0.462. The number of hydrogen-bond acceptors (Lipinski definition) is 2. The minimum atomic E-state index is 0.203. The Morgan fingerprint density at radius 1 is 1.44 bits per heavy atom. The predicted molar refractivity (Wildman–Crippen MR) is 62.5 cm³/mol. The third-order valence-corrected chi connectivity index (χ3v) is 3.14. The Balaban J connectivity index is 1.97. The minimum absolute atomic E-state index is 0.203. The zero-order valence-corrected chi connectivity index (χ0v) is 9.52. The largest absolute Gasteiger partial charge is 0.372 e. The fourth-order valence-electron chi connectivity index (χ4n) is 2.23. The molecule has 1 unspecified atom stereocenters. The molecule has 2 aromatic rings. The molecule has 3 heteroatoms. The van der Waals surface area contributed by atoms with E-state index in [1.807, 2.05) is 0 Å². The Bertz CT molecular complexity index is 498. The van der Waals surface area contributed by atoms with Gasteiger partial charge in [0.1, 0.15) is 11.8 Å². The Hall–Kier alpha value is -1.35. The Labute approximate surface area is 95.1 Å². The zero-order chi connectivity index (χ0) is 11.0. The van der Waals surface area contributed by atoms with Crippen LogP contribution >= 0.6 is 0 Å². The van der Waals surface area contributed by atoms with Gasteiger partial charge in [0.05, 0.1) is 5.69 Å². The molecule has 3 nitrogen and oxygen atoms in total. The van der Waals surface area contributed by atoms with Crippen molar-refractivity contribution in [2.45, 2.75) is 32.3 Å². The van der Waals surface area contributed by atoms with Crippen molar-refractivity contribution in [2.24, 2.45) is 0 Å². The summed E-state index contributed by atoms with van der Waals surface area (Å²) in [5.74, 6) is 0. The van der Waals surface area contributed by atoms with Crippen LogP contribution in [0.4, 0.5) is 0 Å². The molecule has 0 aromatic carbocycles. The van der Waals surface area contributed by atoms with Crippen LogP contribution in [0.2, 0.25) is 0 Å². The van der Waals surface area contributed by atoms with Crippen molar-refractivity contribution < 1.29 is 4.74 Å². The number of ether oxygens (including phenoxy) is 1. The molecule has 1 aliphatic rings. The number of rotatable bonds is 1. The molecule has 1 aliphatic heterocycles. The first-order valence-corrected chi connectivity index (χ1v) is 5.90. The van der Waals surface area contributed by atoms with Crippen LogP contribution in [0.25, 0.3) is 5.65 Å². The minimum Gasteiger partial charge on any atom is -0.372 e. The lowest BCUT2D eigenvalue weighted by molar-refractivity contribution is 0.0126. The highest BCUT2D eigenvalue weighted by Gasteiger charge is 2.18. The number of aromatic nitrogens is 2. The van der Waals surface area contributed by atoms with Crippen LogP contribution in [0.5, 0.6) is 0 Å². The third-order valence-electron chi connectivity index (χ3n) is 3.14. The van der Waals surface area contributed by atoms with Gasteiger partial charge in [-0.2, -0.15) is 0 Å². The van der Waals surface area contributed by atoms with E-state index in [0.29, 0.717) is 0 Å². The highest BCUT2D eigenvalue weighted by Crippen LogP contribution is 2.27. The van der Waals surface area contributed by atoms with Gasteiger partial charge in [0.2, 0.25) is 0 Å². The summed E-state index contributed by atoms with van der Waals surface area (Å²) in [6.45, 7) is 2.96. The number of fused-ring (bicyclic) bond motifs is 1. The van der Waals surface area contributed by atoms with E-state index in [-0.39, 0.29) is 6.10 Å². The van der Waals surface area contributed by atoms with Crippen LogP contribution in [0.1, 0.15) is 36.6 Å². The molecule has 0 aliphatic carbocycles. The molecule has 16 heavy (non-hydrogen) atoms. The molecule has 3 heterocycles. The second kappa shape index (κ2) is 3.91. The number of hydrogen-bond donors (Lipinski definition) is 0. The molecule has 0 bridgehead atoms. The van der Waals surface area contributed by atoms with E-state index >= 15 is 0 Å². The number of nitrogens with zero attached hydrogens (tertiary/aromatic N) is 2. The zero-order valence-electron chi connectivity index (χ0n) is 9.52. The Kier molecular flexibility index (Phi) is 2.40. The molecule has 0 saturated carbocycles. The van der Waals surface area contributed by atoms with Crippen molar-refractivity contribution in [1.82, 2.24) is 9.38 Å². The SMILES string of the molecule is Cc1ccn2cc(C3CCCCO3)nc2c1. The summed E-state index contributed by atoms with van der Waals surface area (Å²) in [7, 11) is 0.